The number of fused-ring (bicyclic) bond motifs is 1. The van der Waals surface area contributed by atoms with Crippen LogP contribution in [0.4, 0.5) is 0 Å². The Morgan fingerprint density at radius 2 is 1.88 bits per heavy atom. The molecule has 1 unspecified atom stereocenters. The van der Waals surface area contributed by atoms with Crippen molar-refractivity contribution in [3.8, 4) is 17.2 Å². The van der Waals surface area contributed by atoms with Crippen molar-refractivity contribution < 1.29 is 19.0 Å². The number of hydrogen-bond donors (Lipinski definition) is 0. The van der Waals surface area contributed by atoms with E-state index in [-0.39, 0.29) is 12.0 Å². The van der Waals surface area contributed by atoms with Crippen molar-refractivity contribution in [3.63, 3.8) is 0 Å². The number of methoxy groups -OCH3 is 1. The smallest absolute Gasteiger partial charge is 0.243 e. The molecule has 4 rings (SSSR count). The van der Waals surface area contributed by atoms with Crippen molar-refractivity contribution in [2.75, 3.05) is 20.3 Å². The largest absolute Gasteiger partial charge is 0.497 e. The van der Waals surface area contributed by atoms with Crippen molar-refractivity contribution in [1.82, 2.24) is 5.01 Å². The van der Waals surface area contributed by atoms with Gasteiger partial charge in [0.05, 0.1) is 19.4 Å². The Labute approximate surface area is 152 Å². The van der Waals surface area contributed by atoms with E-state index in [4.69, 9.17) is 14.2 Å². The zero-order valence-electron chi connectivity index (χ0n) is 14.6. The van der Waals surface area contributed by atoms with Gasteiger partial charge in [0.25, 0.3) is 0 Å². The molecule has 2 heterocycles. The molecule has 0 saturated heterocycles. The summed E-state index contributed by atoms with van der Waals surface area (Å²) >= 11 is 0. The number of ether oxygens (including phenoxy) is 3. The van der Waals surface area contributed by atoms with Gasteiger partial charge in [0.15, 0.2) is 17.6 Å². The second kappa shape index (κ2) is 7.07. The fourth-order valence-corrected chi connectivity index (χ4v) is 3.08. The molecular formula is C20H20N2O4. The fourth-order valence-electron chi connectivity index (χ4n) is 3.08. The lowest BCUT2D eigenvalue weighted by molar-refractivity contribution is -0.133. The minimum Gasteiger partial charge on any atom is -0.497 e. The van der Waals surface area contributed by atoms with Crippen LogP contribution in [-0.4, -0.2) is 43.0 Å². The van der Waals surface area contributed by atoms with Gasteiger partial charge in [-0.15, -0.1) is 0 Å². The molecule has 2 aromatic rings. The summed E-state index contributed by atoms with van der Waals surface area (Å²) in [6.45, 7) is 0.765. The van der Waals surface area contributed by atoms with E-state index < -0.39 is 0 Å². The highest BCUT2D eigenvalue weighted by atomic mass is 16.6. The van der Waals surface area contributed by atoms with Gasteiger partial charge in [0, 0.05) is 12.8 Å². The molecule has 26 heavy (non-hydrogen) atoms. The van der Waals surface area contributed by atoms with E-state index in [2.05, 4.69) is 5.10 Å². The standard InChI is InChI=1S/C20H20N2O4/c1-24-15-8-6-14(7-9-15)17-10-11-20(23)22(21-17)12-16-13-25-18-4-2-3-5-19(18)26-16/h2-9,16H,10-13H2,1H3. The summed E-state index contributed by atoms with van der Waals surface area (Å²) < 4.78 is 16.9. The summed E-state index contributed by atoms with van der Waals surface area (Å²) in [4.78, 5) is 12.3. The molecule has 134 valence electrons. The first-order valence-electron chi connectivity index (χ1n) is 8.63. The molecule has 0 radical (unpaired) electrons. The lowest BCUT2D eigenvalue weighted by Crippen LogP contribution is -2.43. The van der Waals surface area contributed by atoms with Crippen LogP contribution in [0.2, 0.25) is 0 Å². The second-order valence-electron chi connectivity index (χ2n) is 6.25. The van der Waals surface area contributed by atoms with E-state index in [1.54, 1.807) is 7.11 Å². The van der Waals surface area contributed by atoms with E-state index in [0.717, 1.165) is 22.8 Å². The number of rotatable bonds is 4. The lowest BCUT2D eigenvalue weighted by atomic mass is 10.0. The van der Waals surface area contributed by atoms with Crippen LogP contribution in [0.3, 0.4) is 0 Å². The Balaban J connectivity index is 1.49. The molecule has 0 spiro atoms. The number of para-hydroxylation sites is 2. The molecule has 2 aliphatic rings. The average molecular weight is 352 g/mol. The van der Waals surface area contributed by atoms with Crippen molar-refractivity contribution in [1.29, 1.82) is 0 Å². The molecule has 6 heteroatoms. The highest BCUT2D eigenvalue weighted by Crippen LogP contribution is 2.31. The highest BCUT2D eigenvalue weighted by molar-refractivity contribution is 6.04. The molecule has 2 aromatic carbocycles. The summed E-state index contributed by atoms with van der Waals surface area (Å²) in [6.07, 6.45) is 0.828. The Kier molecular flexibility index (Phi) is 4.48. The maximum absolute atomic E-state index is 12.3. The average Bonchev–Trinajstić information content (AvgIpc) is 2.70. The highest BCUT2D eigenvalue weighted by Gasteiger charge is 2.28. The van der Waals surface area contributed by atoms with Crippen LogP contribution in [0.5, 0.6) is 17.2 Å². The molecule has 0 fully saturated rings. The minimum atomic E-state index is -0.243. The second-order valence-corrected chi connectivity index (χ2v) is 6.25. The van der Waals surface area contributed by atoms with Crippen LogP contribution in [0.15, 0.2) is 53.6 Å². The number of hydrogen-bond acceptors (Lipinski definition) is 5. The summed E-state index contributed by atoms with van der Waals surface area (Å²) in [5.41, 5.74) is 1.89. The minimum absolute atomic E-state index is 0.00437. The molecule has 0 aliphatic carbocycles. The molecular weight excluding hydrogens is 332 g/mol. The van der Waals surface area contributed by atoms with E-state index in [1.165, 1.54) is 5.01 Å². The molecule has 1 atom stereocenters. The Bertz CT molecular complexity index is 832. The van der Waals surface area contributed by atoms with Crippen molar-refractivity contribution in [2.45, 2.75) is 18.9 Å². The summed E-state index contributed by atoms with van der Waals surface area (Å²) in [5.74, 6) is 2.23. The summed E-state index contributed by atoms with van der Waals surface area (Å²) in [7, 11) is 1.64. The van der Waals surface area contributed by atoms with E-state index in [9.17, 15) is 4.79 Å². The Morgan fingerprint density at radius 1 is 1.12 bits per heavy atom. The number of nitrogens with zero attached hydrogens (tertiary/aromatic N) is 2. The van der Waals surface area contributed by atoms with Crippen molar-refractivity contribution in [2.24, 2.45) is 5.10 Å². The first kappa shape index (κ1) is 16.4. The predicted molar refractivity (Wildman–Crippen MR) is 96.8 cm³/mol. The third-order valence-corrected chi connectivity index (χ3v) is 4.47. The number of carbonyl (C=O) groups is 1. The number of hydrazone groups is 1. The number of amides is 1. The predicted octanol–water partition coefficient (Wildman–Crippen LogP) is 2.86. The van der Waals surface area contributed by atoms with Gasteiger partial charge in [-0.25, -0.2) is 5.01 Å². The molecule has 0 bridgehead atoms. The zero-order valence-corrected chi connectivity index (χ0v) is 14.6. The van der Waals surface area contributed by atoms with Gasteiger partial charge >= 0.3 is 0 Å². The van der Waals surface area contributed by atoms with Crippen LogP contribution in [0, 0.1) is 0 Å². The maximum atomic E-state index is 12.3. The number of carbonyl (C=O) groups excluding carboxylic acids is 1. The molecule has 0 N–H and O–H groups in total. The molecule has 1 amide bonds. The van der Waals surface area contributed by atoms with Gasteiger partial charge in [-0.1, -0.05) is 12.1 Å². The van der Waals surface area contributed by atoms with Crippen molar-refractivity contribution in [3.05, 3.63) is 54.1 Å². The van der Waals surface area contributed by atoms with Gasteiger partial charge in [-0.2, -0.15) is 5.10 Å². The Hall–Kier alpha value is -3.02. The van der Waals surface area contributed by atoms with Gasteiger partial charge in [-0.05, 0) is 42.0 Å². The Morgan fingerprint density at radius 3 is 2.65 bits per heavy atom. The third kappa shape index (κ3) is 3.35. The summed E-state index contributed by atoms with van der Waals surface area (Å²) in [5, 5.41) is 6.07. The molecule has 2 aliphatic heterocycles. The molecule has 0 saturated carbocycles. The molecule has 0 aromatic heterocycles. The van der Waals surface area contributed by atoms with Crippen LogP contribution < -0.4 is 14.2 Å². The first-order valence-corrected chi connectivity index (χ1v) is 8.63. The van der Waals surface area contributed by atoms with E-state index in [0.29, 0.717) is 31.7 Å². The quantitative estimate of drug-likeness (QED) is 0.849. The maximum Gasteiger partial charge on any atom is 0.243 e. The van der Waals surface area contributed by atoms with Gasteiger partial charge in [-0.3, -0.25) is 4.79 Å². The first-order chi connectivity index (χ1) is 12.7. The van der Waals surface area contributed by atoms with Gasteiger partial charge in [0.2, 0.25) is 5.91 Å². The lowest BCUT2D eigenvalue weighted by Gasteiger charge is -2.31. The van der Waals surface area contributed by atoms with Crippen LogP contribution >= 0.6 is 0 Å². The van der Waals surface area contributed by atoms with E-state index in [1.807, 2.05) is 48.5 Å². The normalized spacial score (nSPS) is 19.1. The van der Waals surface area contributed by atoms with Crippen LogP contribution in [-0.2, 0) is 4.79 Å². The van der Waals surface area contributed by atoms with Gasteiger partial charge in [0.1, 0.15) is 12.4 Å². The zero-order chi connectivity index (χ0) is 17.9. The van der Waals surface area contributed by atoms with Crippen molar-refractivity contribution >= 4 is 11.6 Å². The van der Waals surface area contributed by atoms with Crippen LogP contribution in [0.1, 0.15) is 18.4 Å². The summed E-state index contributed by atoms with van der Waals surface area (Å²) in [6, 6.07) is 15.3. The topological polar surface area (TPSA) is 60.4 Å². The SMILES string of the molecule is COc1ccc(C2=NN(CC3COc4ccccc4O3)C(=O)CC2)cc1. The van der Waals surface area contributed by atoms with Crippen LogP contribution in [0.25, 0.3) is 0 Å². The molecule has 6 nitrogen and oxygen atoms in total. The monoisotopic (exact) mass is 352 g/mol. The number of benzene rings is 2. The fraction of sp³-hybridized carbons (Fsp3) is 0.300. The van der Waals surface area contributed by atoms with E-state index >= 15 is 0 Å². The third-order valence-electron chi connectivity index (χ3n) is 4.47. The van der Waals surface area contributed by atoms with Gasteiger partial charge < -0.3 is 14.2 Å².